The Morgan fingerprint density at radius 1 is 1.00 bits per heavy atom. The highest BCUT2D eigenvalue weighted by atomic mass is 79.9. The van der Waals surface area contributed by atoms with Crippen molar-refractivity contribution in [1.82, 2.24) is 0 Å². The van der Waals surface area contributed by atoms with Gasteiger partial charge < -0.3 is 9.47 Å². The maximum absolute atomic E-state index is 12.5. The SMILES string of the molecule is COc1cc(Br)c(C(=O)c2ccc(C)cc2)cc1OC. The Morgan fingerprint density at radius 2 is 1.55 bits per heavy atom. The quantitative estimate of drug-likeness (QED) is 0.792. The molecule has 0 N–H and O–H groups in total. The van der Waals surface area contributed by atoms with Crippen LogP contribution in [0.3, 0.4) is 0 Å². The van der Waals surface area contributed by atoms with Crippen molar-refractivity contribution in [1.29, 1.82) is 0 Å². The summed E-state index contributed by atoms with van der Waals surface area (Å²) in [6.45, 7) is 1.99. The van der Waals surface area contributed by atoms with Crippen molar-refractivity contribution in [2.45, 2.75) is 6.92 Å². The van der Waals surface area contributed by atoms with E-state index in [-0.39, 0.29) is 5.78 Å². The van der Waals surface area contributed by atoms with Crippen LogP contribution in [-0.2, 0) is 0 Å². The van der Waals surface area contributed by atoms with Gasteiger partial charge in [-0.15, -0.1) is 0 Å². The molecule has 0 amide bonds. The molecule has 0 aliphatic carbocycles. The smallest absolute Gasteiger partial charge is 0.194 e. The molecule has 0 aliphatic rings. The number of benzene rings is 2. The highest BCUT2D eigenvalue weighted by molar-refractivity contribution is 9.10. The zero-order valence-electron chi connectivity index (χ0n) is 11.6. The molecule has 0 saturated heterocycles. The molecule has 3 nitrogen and oxygen atoms in total. The van der Waals surface area contributed by atoms with Gasteiger partial charge in [-0.3, -0.25) is 4.79 Å². The Morgan fingerprint density at radius 3 is 2.10 bits per heavy atom. The Labute approximate surface area is 126 Å². The lowest BCUT2D eigenvalue weighted by Gasteiger charge is -2.11. The third-order valence-electron chi connectivity index (χ3n) is 3.03. The summed E-state index contributed by atoms with van der Waals surface area (Å²) in [4.78, 5) is 12.5. The molecule has 0 aromatic heterocycles. The summed E-state index contributed by atoms with van der Waals surface area (Å²) in [5.74, 6) is 1.06. The number of rotatable bonds is 4. The Bertz CT molecular complexity index is 633. The van der Waals surface area contributed by atoms with Gasteiger partial charge in [-0.25, -0.2) is 0 Å². The number of methoxy groups -OCH3 is 2. The number of hydrogen-bond donors (Lipinski definition) is 0. The molecule has 0 saturated carbocycles. The van der Waals surface area contributed by atoms with Crippen molar-refractivity contribution in [2.24, 2.45) is 0 Å². The second kappa shape index (κ2) is 6.09. The number of carbonyl (C=O) groups excluding carboxylic acids is 1. The number of halogens is 1. The van der Waals surface area contributed by atoms with E-state index >= 15 is 0 Å². The molecule has 0 heterocycles. The van der Waals surface area contributed by atoms with Crippen LogP contribution in [0.5, 0.6) is 11.5 Å². The molecule has 104 valence electrons. The molecule has 0 radical (unpaired) electrons. The van der Waals surface area contributed by atoms with E-state index in [0.29, 0.717) is 27.1 Å². The third kappa shape index (κ3) is 2.85. The first-order valence-electron chi connectivity index (χ1n) is 6.09. The summed E-state index contributed by atoms with van der Waals surface area (Å²) >= 11 is 3.41. The van der Waals surface area contributed by atoms with Gasteiger partial charge in [0, 0.05) is 15.6 Å². The van der Waals surface area contributed by atoms with Gasteiger partial charge in [-0.1, -0.05) is 29.8 Å². The van der Waals surface area contributed by atoms with E-state index < -0.39 is 0 Å². The van der Waals surface area contributed by atoms with Gasteiger partial charge in [0.1, 0.15) is 0 Å². The number of aryl methyl sites for hydroxylation is 1. The lowest BCUT2D eigenvalue weighted by Crippen LogP contribution is -2.04. The Hall–Kier alpha value is -1.81. The normalized spacial score (nSPS) is 10.2. The van der Waals surface area contributed by atoms with Crippen LogP contribution in [0.15, 0.2) is 40.9 Å². The first-order chi connectivity index (χ1) is 9.56. The number of hydrogen-bond acceptors (Lipinski definition) is 3. The van der Waals surface area contributed by atoms with E-state index in [1.54, 1.807) is 26.4 Å². The van der Waals surface area contributed by atoms with Crippen LogP contribution in [0.25, 0.3) is 0 Å². The largest absolute Gasteiger partial charge is 0.493 e. The molecule has 0 bridgehead atoms. The van der Waals surface area contributed by atoms with Crippen LogP contribution in [0.2, 0.25) is 0 Å². The molecular formula is C16H15BrO3. The lowest BCUT2D eigenvalue weighted by atomic mass is 10.0. The zero-order chi connectivity index (χ0) is 14.7. The van der Waals surface area contributed by atoms with Gasteiger partial charge in [-0.2, -0.15) is 0 Å². The van der Waals surface area contributed by atoms with E-state index in [2.05, 4.69) is 15.9 Å². The van der Waals surface area contributed by atoms with Crippen LogP contribution in [0, 0.1) is 6.92 Å². The van der Waals surface area contributed by atoms with Gasteiger partial charge >= 0.3 is 0 Å². The third-order valence-corrected chi connectivity index (χ3v) is 3.69. The molecule has 2 rings (SSSR count). The standard InChI is InChI=1S/C16H15BrO3/c1-10-4-6-11(7-5-10)16(18)12-8-14(19-2)15(20-3)9-13(12)17/h4-9H,1-3H3. The van der Waals surface area contributed by atoms with Gasteiger partial charge in [0.05, 0.1) is 14.2 Å². The van der Waals surface area contributed by atoms with Crippen LogP contribution >= 0.6 is 15.9 Å². The molecule has 2 aromatic carbocycles. The van der Waals surface area contributed by atoms with Gasteiger partial charge in [0.15, 0.2) is 17.3 Å². The lowest BCUT2D eigenvalue weighted by molar-refractivity contribution is 0.103. The van der Waals surface area contributed by atoms with Gasteiger partial charge in [0.25, 0.3) is 0 Å². The Balaban J connectivity index is 2.46. The predicted octanol–water partition coefficient (Wildman–Crippen LogP) is 4.01. The minimum Gasteiger partial charge on any atom is -0.493 e. The fourth-order valence-electron chi connectivity index (χ4n) is 1.89. The highest BCUT2D eigenvalue weighted by Gasteiger charge is 2.16. The minimum absolute atomic E-state index is 0.0576. The van der Waals surface area contributed by atoms with Gasteiger partial charge in [-0.05, 0) is 35.0 Å². The van der Waals surface area contributed by atoms with E-state index in [1.165, 1.54) is 0 Å². The molecule has 2 aromatic rings. The van der Waals surface area contributed by atoms with Crippen molar-refractivity contribution in [3.05, 3.63) is 57.6 Å². The van der Waals surface area contributed by atoms with Crippen molar-refractivity contribution in [3.63, 3.8) is 0 Å². The van der Waals surface area contributed by atoms with Crippen molar-refractivity contribution >= 4 is 21.7 Å². The van der Waals surface area contributed by atoms with Crippen LogP contribution in [-0.4, -0.2) is 20.0 Å². The van der Waals surface area contributed by atoms with Crippen molar-refractivity contribution in [3.8, 4) is 11.5 Å². The molecule has 0 spiro atoms. The molecular weight excluding hydrogens is 320 g/mol. The fourth-order valence-corrected chi connectivity index (χ4v) is 2.39. The highest BCUT2D eigenvalue weighted by Crippen LogP contribution is 2.34. The summed E-state index contributed by atoms with van der Waals surface area (Å²) in [5, 5.41) is 0. The van der Waals surface area contributed by atoms with E-state index in [4.69, 9.17) is 9.47 Å². The number of ether oxygens (including phenoxy) is 2. The predicted molar refractivity (Wildman–Crippen MR) is 81.9 cm³/mol. The molecule has 4 heteroatoms. The van der Waals surface area contributed by atoms with Crippen molar-refractivity contribution < 1.29 is 14.3 Å². The van der Waals surface area contributed by atoms with E-state index in [9.17, 15) is 4.79 Å². The van der Waals surface area contributed by atoms with Crippen LogP contribution in [0.1, 0.15) is 21.5 Å². The van der Waals surface area contributed by atoms with Crippen LogP contribution < -0.4 is 9.47 Å². The average Bonchev–Trinajstić information content (AvgIpc) is 2.47. The minimum atomic E-state index is -0.0576. The second-order valence-corrected chi connectivity index (χ2v) is 5.24. The van der Waals surface area contributed by atoms with E-state index in [0.717, 1.165) is 5.56 Å². The average molecular weight is 335 g/mol. The second-order valence-electron chi connectivity index (χ2n) is 4.38. The molecule has 0 aliphatic heterocycles. The van der Waals surface area contributed by atoms with Crippen molar-refractivity contribution in [2.75, 3.05) is 14.2 Å². The monoisotopic (exact) mass is 334 g/mol. The molecule has 0 fully saturated rings. The molecule has 0 atom stereocenters. The Kier molecular flexibility index (Phi) is 4.45. The summed E-state index contributed by atoms with van der Waals surface area (Å²) in [7, 11) is 3.11. The summed E-state index contributed by atoms with van der Waals surface area (Å²) in [6, 6.07) is 10.9. The molecule has 20 heavy (non-hydrogen) atoms. The topological polar surface area (TPSA) is 35.5 Å². The zero-order valence-corrected chi connectivity index (χ0v) is 13.2. The fraction of sp³-hybridized carbons (Fsp3) is 0.188. The maximum atomic E-state index is 12.5. The number of carbonyl (C=O) groups is 1. The first-order valence-corrected chi connectivity index (χ1v) is 6.89. The van der Waals surface area contributed by atoms with Gasteiger partial charge in [0.2, 0.25) is 0 Å². The van der Waals surface area contributed by atoms with Crippen LogP contribution in [0.4, 0.5) is 0 Å². The summed E-state index contributed by atoms with van der Waals surface area (Å²) in [6.07, 6.45) is 0. The van der Waals surface area contributed by atoms with E-state index in [1.807, 2.05) is 31.2 Å². The summed E-state index contributed by atoms with van der Waals surface area (Å²) < 4.78 is 11.1. The maximum Gasteiger partial charge on any atom is 0.194 e. The number of ketones is 1. The molecule has 0 unspecified atom stereocenters. The first kappa shape index (κ1) is 14.6. The summed E-state index contributed by atoms with van der Waals surface area (Å²) in [5.41, 5.74) is 2.31.